The molecule has 6 aromatic rings. The molecule has 0 amide bonds. The van der Waals surface area contributed by atoms with Crippen LogP contribution in [0, 0.1) is 0 Å². The molecule has 0 spiro atoms. The highest BCUT2D eigenvalue weighted by Gasteiger charge is 2.15. The Morgan fingerprint density at radius 2 is 0.810 bits per heavy atom. The third-order valence-electron chi connectivity index (χ3n) is 10.9. The average molecular weight is 815 g/mol. The van der Waals surface area contributed by atoms with Gasteiger partial charge in [-0.05, 0) is 127 Å². The van der Waals surface area contributed by atoms with Gasteiger partial charge in [-0.1, -0.05) is 165 Å². The molecule has 58 heavy (non-hydrogen) atoms. The second-order valence-corrected chi connectivity index (χ2v) is 15.9. The van der Waals surface area contributed by atoms with Crippen LogP contribution in [0.3, 0.4) is 0 Å². The van der Waals surface area contributed by atoms with E-state index in [2.05, 4.69) is 127 Å². The molecule has 2 unspecified atom stereocenters. The molecular weight excluding hydrogens is 753 g/mol. The predicted molar refractivity (Wildman–Crippen MR) is 247 cm³/mol. The molecule has 0 saturated carbocycles. The van der Waals surface area contributed by atoms with Gasteiger partial charge in [-0.15, -0.1) is 0 Å². The number of nitrogens with one attached hydrogen (secondary N) is 1. The molecule has 0 heterocycles. The van der Waals surface area contributed by atoms with Crippen LogP contribution in [0.1, 0.15) is 103 Å². The summed E-state index contributed by atoms with van der Waals surface area (Å²) in [6.45, 7) is 1.98. The zero-order chi connectivity index (χ0) is 40.6. The van der Waals surface area contributed by atoms with Gasteiger partial charge in [0.15, 0.2) is 0 Å². The number of methoxy groups -OCH3 is 2. The molecule has 6 aromatic carbocycles. The van der Waals surface area contributed by atoms with Gasteiger partial charge < -0.3 is 14.8 Å². The van der Waals surface area contributed by atoms with Crippen LogP contribution in [-0.4, -0.2) is 27.3 Å². The maximum absolute atomic E-state index is 6.09. The number of aryl methyl sites for hydroxylation is 2. The van der Waals surface area contributed by atoms with Crippen LogP contribution in [0.15, 0.2) is 158 Å². The fourth-order valence-corrected chi connectivity index (χ4v) is 7.76. The lowest BCUT2D eigenvalue weighted by Crippen LogP contribution is -2.23. The van der Waals surface area contributed by atoms with Gasteiger partial charge in [0.05, 0.1) is 14.2 Å². The van der Waals surface area contributed by atoms with Crippen molar-refractivity contribution in [1.82, 2.24) is 5.32 Å². The summed E-state index contributed by atoms with van der Waals surface area (Å²) in [5.41, 5.74) is 8.17. The molecule has 304 valence electrons. The highest BCUT2D eigenvalue weighted by molar-refractivity contribution is 6.30. The van der Waals surface area contributed by atoms with Gasteiger partial charge in [-0.25, -0.2) is 0 Å². The zero-order valence-corrected chi connectivity index (χ0v) is 35.9. The molecular formula is C53H61Cl2NO2. The van der Waals surface area contributed by atoms with Crippen LogP contribution in [0.25, 0.3) is 0 Å². The molecule has 2 atom stereocenters. The van der Waals surface area contributed by atoms with Crippen LogP contribution in [0.5, 0.6) is 11.5 Å². The van der Waals surface area contributed by atoms with Crippen molar-refractivity contribution in [2.24, 2.45) is 0 Å². The van der Waals surface area contributed by atoms with E-state index in [0.717, 1.165) is 47.5 Å². The van der Waals surface area contributed by atoms with E-state index in [1.165, 1.54) is 91.2 Å². The normalized spacial score (nSPS) is 11.9. The van der Waals surface area contributed by atoms with Gasteiger partial charge in [-0.2, -0.15) is 0 Å². The van der Waals surface area contributed by atoms with Crippen molar-refractivity contribution < 1.29 is 9.47 Å². The summed E-state index contributed by atoms with van der Waals surface area (Å²) in [6, 6.07) is 55.0. The van der Waals surface area contributed by atoms with Crippen molar-refractivity contribution in [3.05, 3.63) is 201 Å². The van der Waals surface area contributed by atoms with Crippen molar-refractivity contribution in [1.29, 1.82) is 0 Å². The van der Waals surface area contributed by atoms with Crippen molar-refractivity contribution in [3.63, 3.8) is 0 Å². The van der Waals surface area contributed by atoms with E-state index in [1.807, 2.05) is 36.4 Å². The number of benzene rings is 6. The van der Waals surface area contributed by atoms with Crippen molar-refractivity contribution >= 4 is 23.2 Å². The minimum atomic E-state index is 0.341. The topological polar surface area (TPSA) is 30.5 Å². The lowest BCUT2D eigenvalue weighted by atomic mass is 9.87. The highest BCUT2D eigenvalue weighted by atomic mass is 35.5. The maximum atomic E-state index is 6.09. The quantitative estimate of drug-likeness (QED) is 0.0693. The lowest BCUT2D eigenvalue weighted by Gasteiger charge is -2.19. The minimum absolute atomic E-state index is 0.341. The molecule has 0 aliphatic heterocycles. The minimum Gasteiger partial charge on any atom is -0.497 e. The average Bonchev–Trinajstić information content (AvgIpc) is 3.28. The number of halogens is 2. The molecule has 0 bridgehead atoms. The molecule has 3 nitrogen and oxygen atoms in total. The van der Waals surface area contributed by atoms with Gasteiger partial charge in [0.1, 0.15) is 11.5 Å². The van der Waals surface area contributed by atoms with Gasteiger partial charge in [0, 0.05) is 28.4 Å². The number of rotatable bonds is 22. The number of ether oxygens (including phenoxy) is 2. The number of unbranched alkanes of at least 4 members (excludes halogenated alkanes) is 6. The summed E-state index contributed by atoms with van der Waals surface area (Å²) in [7, 11) is 3.42. The monoisotopic (exact) mass is 813 g/mol. The second-order valence-electron chi connectivity index (χ2n) is 15.0. The van der Waals surface area contributed by atoms with Crippen LogP contribution in [0.2, 0.25) is 10.0 Å². The van der Waals surface area contributed by atoms with Gasteiger partial charge in [0.25, 0.3) is 0 Å². The Labute approximate surface area is 358 Å². The first kappa shape index (κ1) is 44.6. The van der Waals surface area contributed by atoms with Crippen molar-refractivity contribution in [2.75, 3.05) is 27.3 Å². The van der Waals surface area contributed by atoms with Crippen LogP contribution in [-0.2, 0) is 12.8 Å². The largest absolute Gasteiger partial charge is 0.497 e. The van der Waals surface area contributed by atoms with E-state index in [1.54, 1.807) is 14.2 Å². The molecule has 5 heteroatoms. The lowest BCUT2D eigenvalue weighted by molar-refractivity contribution is 0.414. The van der Waals surface area contributed by atoms with Crippen LogP contribution < -0.4 is 14.8 Å². The van der Waals surface area contributed by atoms with Crippen LogP contribution >= 0.6 is 23.2 Å². The molecule has 0 saturated heterocycles. The summed E-state index contributed by atoms with van der Waals surface area (Å²) in [6.07, 6.45) is 13.5. The smallest absolute Gasteiger partial charge is 0.118 e. The third-order valence-corrected chi connectivity index (χ3v) is 11.4. The molecule has 1 N–H and O–H groups in total. The Morgan fingerprint density at radius 1 is 0.414 bits per heavy atom. The second kappa shape index (κ2) is 25.7. The van der Waals surface area contributed by atoms with E-state index >= 15 is 0 Å². The number of hydrogen-bond acceptors (Lipinski definition) is 3. The summed E-state index contributed by atoms with van der Waals surface area (Å²) in [5.74, 6) is 2.65. The van der Waals surface area contributed by atoms with Gasteiger partial charge in [0.2, 0.25) is 0 Å². The van der Waals surface area contributed by atoms with Gasteiger partial charge >= 0.3 is 0 Å². The predicted octanol–water partition coefficient (Wildman–Crippen LogP) is 14.5. The SMILES string of the molecule is COc1ccc(CCCCCCCC(c2ccccc2)c2ccc(Cl)cc2)cc1.COc1ccc(CCCCCNCC(c2ccccc2)c2ccc(Cl)cc2)cc1. The Balaban J connectivity index is 0.000000221. The standard InChI is InChI=1S/C27H31ClO.C26H30ClNO/c1-29-26-20-14-22(15-21-26)10-6-3-2-4-9-13-27(23-11-7-5-8-12-23)24-16-18-25(28)19-17-24;1-29-25-17-11-21(12-18-25)8-4-3-7-19-28-20-26(22-9-5-2-6-10-22)23-13-15-24(27)16-14-23/h5,7-8,11-12,14-21,27H,2-4,6,9-10,13H2,1H3;2,5-6,9-18,26,28H,3-4,7-8,19-20H2,1H3. The summed E-state index contributed by atoms with van der Waals surface area (Å²) >= 11 is 12.2. The van der Waals surface area contributed by atoms with E-state index in [4.69, 9.17) is 32.7 Å². The van der Waals surface area contributed by atoms with Crippen LogP contribution in [0.4, 0.5) is 0 Å². The molecule has 0 aliphatic carbocycles. The molecule has 0 aromatic heterocycles. The first-order valence-electron chi connectivity index (χ1n) is 21.1. The maximum Gasteiger partial charge on any atom is 0.118 e. The molecule has 0 radical (unpaired) electrons. The van der Waals surface area contributed by atoms with E-state index in [0.29, 0.717) is 11.8 Å². The van der Waals surface area contributed by atoms with E-state index < -0.39 is 0 Å². The molecule has 6 rings (SSSR count). The fraction of sp³-hybridized carbons (Fsp3) is 0.321. The van der Waals surface area contributed by atoms with Crippen molar-refractivity contribution in [3.8, 4) is 11.5 Å². The first-order valence-corrected chi connectivity index (χ1v) is 21.9. The Hall–Kier alpha value is -4.54. The summed E-state index contributed by atoms with van der Waals surface area (Å²) in [4.78, 5) is 0. The van der Waals surface area contributed by atoms with Gasteiger partial charge in [-0.3, -0.25) is 0 Å². The Bertz CT molecular complexity index is 1800. The first-order chi connectivity index (χ1) is 28.5. The van der Waals surface area contributed by atoms with E-state index in [9.17, 15) is 0 Å². The van der Waals surface area contributed by atoms with Crippen molar-refractivity contribution in [2.45, 2.75) is 82.5 Å². The fourth-order valence-electron chi connectivity index (χ4n) is 7.51. The summed E-state index contributed by atoms with van der Waals surface area (Å²) < 4.78 is 10.4. The highest BCUT2D eigenvalue weighted by Crippen LogP contribution is 2.31. The Kier molecular flexibility index (Phi) is 19.8. The molecule has 0 fully saturated rings. The zero-order valence-electron chi connectivity index (χ0n) is 34.4. The van der Waals surface area contributed by atoms with E-state index in [-0.39, 0.29) is 0 Å². The Morgan fingerprint density at radius 3 is 1.29 bits per heavy atom. The third kappa shape index (κ3) is 15.7. The molecule has 0 aliphatic rings. The number of hydrogen-bond donors (Lipinski definition) is 1. The summed E-state index contributed by atoms with van der Waals surface area (Å²) in [5, 5.41) is 5.25.